The molecule has 0 aliphatic carbocycles. The number of thioether (sulfide) groups is 1. The Bertz CT molecular complexity index is 1140. The molecule has 0 radical (unpaired) electrons. The number of nitriles is 1. The first-order valence-corrected chi connectivity index (χ1v) is 11.7. The van der Waals surface area contributed by atoms with E-state index in [0.717, 1.165) is 23.6 Å². The maximum Gasteiger partial charge on any atom is 0.411 e. The molecule has 3 rings (SSSR count). The van der Waals surface area contributed by atoms with Crippen molar-refractivity contribution in [2.45, 2.75) is 37.4 Å². The number of benzene rings is 2. The molecule has 4 nitrogen and oxygen atoms in total. The summed E-state index contributed by atoms with van der Waals surface area (Å²) in [6.45, 7) is 3.52. The summed E-state index contributed by atoms with van der Waals surface area (Å²) in [5.74, 6) is 0.359. The van der Waals surface area contributed by atoms with E-state index in [0.29, 0.717) is 11.1 Å². The van der Waals surface area contributed by atoms with Gasteiger partial charge >= 0.3 is 6.18 Å². The number of nitrogens with one attached hydrogen (secondary N) is 1. The monoisotopic (exact) mass is 514 g/mol. The van der Waals surface area contributed by atoms with Crippen LogP contribution in [0.25, 0.3) is 0 Å². The maximum atomic E-state index is 14.1. The quantitative estimate of drug-likeness (QED) is 0.470. The fraction of sp³-hybridized carbons (Fsp3) is 0.348. The second-order valence-corrected chi connectivity index (χ2v) is 10.2. The molecule has 1 aliphatic heterocycles. The van der Waals surface area contributed by atoms with Gasteiger partial charge in [-0.3, -0.25) is 9.59 Å². The molecular weight excluding hydrogens is 496 g/mol. The molecule has 0 spiro atoms. The summed E-state index contributed by atoms with van der Waals surface area (Å²) in [4.78, 5) is 25.5. The molecule has 1 N–H and O–H groups in total. The molecule has 1 heterocycles. The van der Waals surface area contributed by atoms with E-state index in [9.17, 15) is 28.0 Å². The van der Waals surface area contributed by atoms with Crippen molar-refractivity contribution in [2.24, 2.45) is 0 Å². The SMILES string of the molecule is Cc1cc(C(=O)C[C@](C#N)(c2cc(Cl)cc(Cl)c2)C(F)(F)F)ccc1C(=O)NC1(C)CSC1. The van der Waals surface area contributed by atoms with Crippen LogP contribution in [0.5, 0.6) is 0 Å². The minimum atomic E-state index is -5.07. The average molecular weight is 515 g/mol. The van der Waals surface area contributed by atoms with Crippen molar-refractivity contribution in [1.29, 1.82) is 5.26 Å². The number of rotatable bonds is 6. The fourth-order valence-electron chi connectivity index (χ4n) is 3.59. The number of halogens is 5. The van der Waals surface area contributed by atoms with Crippen LogP contribution in [0.4, 0.5) is 13.2 Å². The van der Waals surface area contributed by atoms with Crippen molar-refractivity contribution in [3.8, 4) is 6.07 Å². The third kappa shape index (κ3) is 5.16. The Morgan fingerprint density at radius 3 is 2.21 bits per heavy atom. The second kappa shape index (κ2) is 9.21. The topological polar surface area (TPSA) is 70.0 Å². The maximum absolute atomic E-state index is 14.1. The van der Waals surface area contributed by atoms with Gasteiger partial charge in [-0.25, -0.2) is 0 Å². The first kappa shape index (κ1) is 25.4. The Labute approximate surface area is 203 Å². The zero-order chi connectivity index (χ0) is 24.6. The van der Waals surface area contributed by atoms with Crippen LogP contribution in [-0.2, 0) is 5.41 Å². The summed E-state index contributed by atoms with van der Waals surface area (Å²) in [5.41, 5.74) is -3.23. The van der Waals surface area contributed by atoms with Gasteiger partial charge in [-0.1, -0.05) is 29.3 Å². The van der Waals surface area contributed by atoms with E-state index < -0.39 is 29.4 Å². The molecule has 1 fully saturated rings. The summed E-state index contributed by atoms with van der Waals surface area (Å²) in [7, 11) is 0. The summed E-state index contributed by atoms with van der Waals surface area (Å²) >= 11 is 13.4. The summed E-state index contributed by atoms with van der Waals surface area (Å²) in [5, 5.41) is 12.4. The Morgan fingerprint density at radius 1 is 1.15 bits per heavy atom. The number of alkyl halides is 3. The van der Waals surface area contributed by atoms with Gasteiger partial charge in [-0.2, -0.15) is 30.2 Å². The highest BCUT2D eigenvalue weighted by Crippen LogP contribution is 2.45. The highest BCUT2D eigenvalue weighted by molar-refractivity contribution is 8.00. The standard InChI is InChI=1S/C23H19Cl2F3N2O2S/c1-13-5-14(3-4-18(13)20(32)30-21(2)11-33-12-21)19(31)9-22(10-29,23(26,27)28)15-6-16(24)8-17(25)7-15/h3-8H,9,11-12H2,1-2H3,(H,30,32)/t22-/m0/s1. The van der Waals surface area contributed by atoms with Gasteiger partial charge in [0, 0.05) is 39.1 Å². The normalized spacial score (nSPS) is 16.8. The Morgan fingerprint density at radius 2 is 1.76 bits per heavy atom. The first-order valence-electron chi connectivity index (χ1n) is 9.79. The molecule has 33 heavy (non-hydrogen) atoms. The summed E-state index contributed by atoms with van der Waals surface area (Å²) in [6.07, 6.45) is -6.24. The highest BCUT2D eigenvalue weighted by Gasteiger charge is 2.58. The second-order valence-electron chi connectivity index (χ2n) is 8.31. The van der Waals surface area contributed by atoms with Crippen LogP contribution < -0.4 is 5.32 Å². The number of hydrogen-bond acceptors (Lipinski definition) is 4. The number of hydrogen-bond donors (Lipinski definition) is 1. The fourth-order valence-corrected chi connectivity index (χ4v) is 5.08. The minimum absolute atomic E-state index is 0.0357. The molecule has 1 atom stereocenters. The lowest BCUT2D eigenvalue weighted by atomic mass is 9.76. The molecule has 174 valence electrons. The van der Waals surface area contributed by atoms with E-state index in [1.165, 1.54) is 30.3 Å². The molecule has 0 bridgehead atoms. The van der Waals surface area contributed by atoms with Gasteiger partial charge in [0.15, 0.2) is 11.2 Å². The molecule has 1 aliphatic rings. The van der Waals surface area contributed by atoms with E-state index in [1.54, 1.807) is 18.7 Å². The summed E-state index contributed by atoms with van der Waals surface area (Å²) < 4.78 is 42.4. The van der Waals surface area contributed by atoms with Crippen LogP contribution in [-0.4, -0.2) is 34.9 Å². The van der Waals surface area contributed by atoms with Crippen molar-refractivity contribution in [3.63, 3.8) is 0 Å². The van der Waals surface area contributed by atoms with E-state index in [-0.39, 0.29) is 27.1 Å². The van der Waals surface area contributed by atoms with Gasteiger partial charge in [-0.15, -0.1) is 0 Å². The van der Waals surface area contributed by atoms with Crippen molar-refractivity contribution in [1.82, 2.24) is 5.32 Å². The molecule has 0 saturated carbocycles. The van der Waals surface area contributed by atoms with E-state index in [1.807, 2.05) is 6.92 Å². The van der Waals surface area contributed by atoms with E-state index in [2.05, 4.69) is 5.32 Å². The third-order valence-corrected chi connectivity index (χ3v) is 7.62. The van der Waals surface area contributed by atoms with Crippen molar-refractivity contribution < 1.29 is 22.8 Å². The Kier molecular flexibility index (Phi) is 7.09. The van der Waals surface area contributed by atoms with Crippen molar-refractivity contribution >= 4 is 46.7 Å². The molecule has 2 aromatic carbocycles. The molecule has 0 aromatic heterocycles. The van der Waals surface area contributed by atoms with Crippen LogP contribution in [0, 0.1) is 18.3 Å². The van der Waals surface area contributed by atoms with Crippen LogP contribution in [0.1, 0.15) is 45.2 Å². The van der Waals surface area contributed by atoms with Crippen LogP contribution >= 0.6 is 35.0 Å². The number of aryl methyl sites for hydroxylation is 1. The van der Waals surface area contributed by atoms with Crippen molar-refractivity contribution in [2.75, 3.05) is 11.5 Å². The molecular formula is C23H19Cl2F3N2O2S. The Balaban J connectivity index is 1.92. The zero-order valence-corrected chi connectivity index (χ0v) is 20.0. The number of carbonyl (C=O) groups excluding carboxylic acids is 2. The highest BCUT2D eigenvalue weighted by atomic mass is 35.5. The van der Waals surface area contributed by atoms with Crippen LogP contribution in [0.15, 0.2) is 36.4 Å². The average Bonchev–Trinajstić information content (AvgIpc) is 2.68. The van der Waals surface area contributed by atoms with E-state index in [4.69, 9.17) is 23.2 Å². The smallest absolute Gasteiger partial charge is 0.345 e. The zero-order valence-electron chi connectivity index (χ0n) is 17.6. The van der Waals surface area contributed by atoms with Gasteiger partial charge in [0.05, 0.1) is 11.6 Å². The van der Waals surface area contributed by atoms with Gasteiger partial charge in [0.1, 0.15) is 0 Å². The van der Waals surface area contributed by atoms with Crippen molar-refractivity contribution in [3.05, 3.63) is 68.7 Å². The van der Waals surface area contributed by atoms with Gasteiger partial charge < -0.3 is 5.32 Å². The predicted molar refractivity (Wildman–Crippen MR) is 123 cm³/mol. The molecule has 0 unspecified atom stereocenters. The lowest BCUT2D eigenvalue weighted by Gasteiger charge is -2.38. The molecule has 1 amide bonds. The Hall–Kier alpha value is -2.21. The number of amides is 1. The minimum Gasteiger partial charge on any atom is -0.345 e. The molecule has 2 aromatic rings. The molecule has 1 saturated heterocycles. The lowest BCUT2D eigenvalue weighted by Crippen LogP contribution is -2.55. The largest absolute Gasteiger partial charge is 0.411 e. The van der Waals surface area contributed by atoms with Gasteiger partial charge in [-0.05, 0) is 55.3 Å². The first-order chi connectivity index (χ1) is 15.3. The van der Waals surface area contributed by atoms with E-state index >= 15 is 0 Å². The number of ketones is 1. The number of nitrogens with zero attached hydrogens (tertiary/aromatic N) is 1. The van der Waals surface area contributed by atoms with Crippen LogP contribution in [0.3, 0.4) is 0 Å². The van der Waals surface area contributed by atoms with Gasteiger partial charge in [0.25, 0.3) is 5.91 Å². The number of carbonyl (C=O) groups is 2. The number of Topliss-reactive ketones (excluding diaryl/α,β-unsaturated/α-hetero) is 1. The molecule has 10 heteroatoms. The van der Waals surface area contributed by atoms with Crippen LogP contribution in [0.2, 0.25) is 10.0 Å². The predicted octanol–water partition coefficient (Wildman–Crippen LogP) is 6.13. The van der Waals surface area contributed by atoms with Gasteiger partial charge in [0.2, 0.25) is 0 Å². The third-order valence-electron chi connectivity index (χ3n) is 5.51. The summed E-state index contributed by atoms with van der Waals surface area (Å²) in [6, 6.07) is 8.55. The lowest BCUT2D eigenvalue weighted by molar-refractivity contribution is -0.172.